The molecule has 0 radical (unpaired) electrons. The van der Waals surface area contributed by atoms with E-state index in [1.807, 2.05) is 25.2 Å². The molecule has 0 N–H and O–H groups in total. The Hall–Kier alpha value is -6.21. The third-order valence-electron chi connectivity index (χ3n) is 9.69. The van der Waals surface area contributed by atoms with E-state index >= 15 is 0 Å². The van der Waals surface area contributed by atoms with Gasteiger partial charge in [-0.2, -0.15) is 0 Å². The molecule has 0 fully saturated rings. The van der Waals surface area contributed by atoms with Crippen LogP contribution in [0, 0.1) is 0 Å². The highest BCUT2D eigenvalue weighted by Crippen LogP contribution is 2.37. The van der Waals surface area contributed by atoms with Crippen LogP contribution in [0.1, 0.15) is 22.6 Å². The minimum absolute atomic E-state index is 0.678. The molecule has 0 saturated carbocycles. The Morgan fingerprint density at radius 2 is 1.09 bits per heavy atom. The van der Waals surface area contributed by atoms with Crippen molar-refractivity contribution in [2.75, 3.05) is 7.05 Å². The average molecular weight is 745 g/mol. The number of thioether (sulfide) groups is 1. The standard InChI is InChI=1S/C49H36N4S2/c1-50-48(54-42-17-9-4-10-18-42)37-25-21-33(22-26-37)39-29-40(34-23-27-38(28-24-34)49-53-43-19-11-12-20-46(43)55-49)31-41(30-39)47-51-44(35-13-5-2-6-14-35)32-45(52-47)36-15-7-3-8-16-36/h2-10,12-18,20-32H,11,19H2,1H3. The Kier molecular flexibility index (Phi) is 9.83. The number of aryl methyl sites for hydroxylation is 1. The second kappa shape index (κ2) is 15.6. The number of thiazole rings is 1. The Bertz CT molecular complexity index is 2590. The molecule has 8 aromatic rings. The van der Waals surface area contributed by atoms with Gasteiger partial charge in [-0.05, 0) is 77.6 Å². The van der Waals surface area contributed by atoms with Crippen LogP contribution >= 0.6 is 23.1 Å². The Labute approximate surface area is 330 Å². The van der Waals surface area contributed by atoms with E-state index in [1.54, 1.807) is 23.1 Å². The Balaban J connectivity index is 1.14. The highest BCUT2D eigenvalue weighted by Gasteiger charge is 2.16. The van der Waals surface area contributed by atoms with Crippen molar-refractivity contribution in [3.63, 3.8) is 0 Å². The van der Waals surface area contributed by atoms with E-state index in [0.29, 0.717) is 5.82 Å². The zero-order chi connectivity index (χ0) is 37.0. The Morgan fingerprint density at radius 1 is 0.545 bits per heavy atom. The minimum Gasteiger partial charge on any atom is -0.281 e. The quantitative estimate of drug-likeness (QED) is 0.0883. The van der Waals surface area contributed by atoms with Gasteiger partial charge in [-0.25, -0.2) is 15.0 Å². The van der Waals surface area contributed by atoms with Gasteiger partial charge in [0.1, 0.15) is 10.1 Å². The first kappa shape index (κ1) is 34.6. The number of allylic oxidation sites excluding steroid dienone is 1. The first-order valence-corrected chi connectivity index (χ1v) is 20.0. The summed E-state index contributed by atoms with van der Waals surface area (Å²) < 4.78 is 0. The van der Waals surface area contributed by atoms with Crippen molar-refractivity contribution < 1.29 is 0 Å². The molecule has 9 rings (SSSR count). The third kappa shape index (κ3) is 7.60. The molecular formula is C49H36N4S2. The lowest BCUT2D eigenvalue weighted by Crippen LogP contribution is -1.97. The van der Waals surface area contributed by atoms with Crippen LogP contribution in [0.15, 0.2) is 180 Å². The number of hydrogen-bond acceptors (Lipinski definition) is 6. The van der Waals surface area contributed by atoms with E-state index in [2.05, 4.69) is 163 Å². The molecule has 6 aromatic carbocycles. The van der Waals surface area contributed by atoms with E-state index < -0.39 is 0 Å². The first-order chi connectivity index (χ1) is 27.2. The van der Waals surface area contributed by atoms with E-state index in [-0.39, 0.29) is 0 Å². The van der Waals surface area contributed by atoms with Gasteiger partial charge in [-0.3, -0.25) is 4.99 Å². The van der Waals surface area contributed by atoms with Crippen LogP contribution in [-0.2, 0) is 6.42 Å². The zero-order valence-corrected chi connectivity index (χ0v) is 31.9. The SMILES string of the molecule is CN=C(Sc1ccccc1)c1ccc(-c2cc(-c3ccc(-c4nc5c(s4)C=CCC5)cc3)cc(-c3nc(-c4ccccc4)cc(-c4ccccc4)n3)c2)cc1. The molecule has 0 spiro atoms. The molecule has 0 bridgehead atoms. The van der Waals surface area contributed by atoms with E-state index in [9.17, 15) is 0 Å². The van der Waals surface area contributed by atoms with E-state index in [1.165, 1.54) is 10.6 Å². The average Bonchev–Trinajstić information content (AvgIpc) is 3.71. The Morgan fingerprint density at radius 3 is 1.67 bits per heavy atom. The van der Waals surface area contributed by atoms with Crippen LogP contribution in [0.2, 0.25) is 0 Å². The highest BCUT2D eigenvalue weighted by molar-refractivity contribution is 8.14. The topological polar surface area (TPSA) is 51.0 Å². The molecule has 0 atom stereocenters. The molecule has 1 aliphatic rings. The second-order valence-electron chi connectivity index (χ2n) is 13.4. The second-order valence-corrected chi connectivity index (χ2v) is 15.5. The highest BCUT2D eigenvalue weighted by atomic mass is 32.2. The summed E-state index contributed by atoms with van der Waals surface area (Å²) in [7, 11) is 1.85. The summed E-state index contributed by atoms with van der Waals surface area (Å²) >= 11 is 3.44. The lowest BCUT2D eigenvalue weighted by Gasteiger charge is -2.14. The van der Waals surface area contributed by atoms with E-state index in [4.69, 9.17) is 15.0 Å². The molecule has 0 aliphatic heterocycles. The monoisotopic (exact) mass is 744 g/mol. The lowest BCUT2D eigenvalue weighted by atomic mass is 9.94. The molecule has 4 nitrogen and oxygen atoms in total. The van der Waals surface area contributed by atoms with Crippen LogP contribution < -0.4 is 0 Å². The predicted molar refractivity (Wildman–Crippen MR) is 232 cm³/mol. The summed E-state index contributed by atoms with van der Waals surface area (Å²) in [5.41, 5.74) is 12.6. The van der Waals surface area contributed by atoms with Crippen LogP contribution in [0.25, 0.3) is 72.8 Å². The fourth-order valence-corrected chi connectivity index (χ4v) is 8.74. The van der Waals surface area contributed by atoms with Crippen LogP contribution in [0.4, 0.5) is 0 Å². The van der Waals surface area contributed by atoms with Gasteiger partial charge in [0.15, 0.2) is 5.82 Å². The molecule has 55 heavy (non-hydrogen) atoms. The maximum absolute atomic E-state index is 5.20. The summed E-state index contributed by atoms with van der Waals surface area (Å²) in [4.78, 5) is 22.5. The molecule has 1 aliphatic carbocycles. The molecule has 0 saturated heterocycles. The molecule has 0 amide bonds. The van der Waals surface area contributed by atoms with Crippen LogP contribution in [-0.4, -0.2) is 27.0 Å². The fourth-order valence-electron chi connectivity index (χ4n) is 6.83. The van der Waals surface area contributed by atoms with Gasteiger partial charge in [0.05, 0.1) is 22.0 Å². The summed E-state index contributed by atoms with van der Waals surface area (Å²) in [6, 6.07) is 57.4. The fraction of sp³-hybridized carbons (Fsp3) is 0.0612. The number of fused-ring (bicyclic) bond motifs is 1. The van der Waals surface area contributed by atoms with Gasteiger partial charge >= 0.3 is 0 Å². The number of hydrogen-bond donors (Lipinski definition) is 0. The predicted octanol–water partition coefficient (Wildman–Crippen LogP) is 13.1. The van der Waals surface area contributed by atoms with E-state index in [0.717, 1.165) is 89.2 Å². The number of aliphatic imine (C=N–C) groups is 1. The van der Waals surface area contributed by atoms with Crippen molar-refractivity contribution in [3.05, 3.63) is 186 Å². The van der Waals surface area contributed by atoms with Crippen LogP contribution in [0.5, 0.6) is 0 Å². The normalized spacial score (nSPS) is 12.4. The van der Waals surface area contributed by atoms with Crippen molar-refractivity contribution in [3.8, 4) is 66.7 Å². The van der Waals surface area contributed by atoms with Gasteiger partial charge < -0.3 is 0 Å². The summed E-state index contributed by atoms with van der Waals surface area (Å²) in [5.74, 6) is 0.678. The zero-order valence-electron chi connectivity index (χ0n) is 30.3. The molecule has 6 heteroatoms. The molecule has 0 unspecified atom stereocenters. The lowest BCUT2D eigenvalue weighted by molar-refractivity contribution is 0.947. The smallest absolute Gasteiger partial charge is 0.160 e. The number of benzene rings is 6. The summed E-state index contributed by atoms with van der Waals surface area (Å²) in [6.07, 6.45) is 6.52. The van der Waals surface area contributed by atoms with Gasteiger partial charge in [0.25, 0.3) is 0 Å². The third-order valence-corrected chi connectivity index (χ3v) is 11.9. The molecule has 2 aromatic heterocycles. The van der Waals surface area contributed by atoms with Crippen molar-refractivity contribution in [2.24, 2.45) is 4.99 Å². The molecular weight excluding hydrogens is 709 g/mol. The van der Waals surface area contributed by atoms with Crippen LogP contribution in [0.3, 0.4) is 0 Å². The van der Waals surface area contributed by atoms with Gasteiger partial charge in [-0.15, -0.1) is 11.3 Å². The van der Waals surface area contributed by atoms with Crippen molar-refractivity contribution in [1.82, 2.24) is 15.0 Å². The molecule has 2 heterocycles. The minimum atomic E-state index is 0.678. The summed E-state index contributed by atoms with van der Waals surface area (Å²) in [5, 5.41) is 2.04. The largest absolute Gasteiger partial charge is 0.281 e. The summed E-state index contributed by atoms with van der Waals surface area (Å²) in [6.45, 7) is 0. The maximum atomic E-state index is 5.20. The van der Waals surface area contributed by atoms with Crippen molar-refractivity contribution in [2.45, 2.75) is 17.7 Å². The van der Waals surface area contributed by atoms with Crippen molar-refractivity contribution in [1.29, 1.82) is 0 Å². The maximum Gasteiger partial charge on any atom is 0.160 e. The number of rotatable bonds is 8. The molecule has 264 valence electrons. The van der Waals surface area contributed by atoms with Gasteiger partial charge in [0, 0.05) is 39.8 Å². The van der Waals surface area contributed by atoms with Gasteiger partial charge in [0.2, 0.25) is 0 Å². The van der Waals surface area contributed by atoms with Crippen molar-refractivity contribution >= 4 is 34.2 Å². The first-order valence-electron chi connectivity index (χ1n) is 18.4. The number of aromatic nitrogens is 3. The number of nitrogens with zero attached hydrogens (tertiary/aromatic N) is 4. The van der Waals surface area contributed by atoms with Gasteiger partial charge in [-0.1, -0.05) is 145 Å².